The summed E-state index contributed by atoms with van der Waals surface area (Å²) in [5.41, 5.74) is 2.29. The van der Waals surface area contributed by atoms with Gasteiger partial charge >= 0.3 is 0 Å². The number of amides is 1. The minimum absolute atomic E-state index is 0.265. The molecule has 1 N–H and O–H groups in total. The number of carbonyl (C=O) groups excluding carboxylic acids is 1. The monoisotopic (exact) mass is 410 g/mol. The summed E-state index contributed by atoms with van der Waals surface area (Å²) < 4.78 is 5.79. The summed E-state index contributed by atoms with van der Waals surface area (Å²) >= 11 is 12.0. The minimum Gasteiger partial charge on any atom is -0.416 e. The third kappa shape index (κ3) is 3.74. The van der Waals surface area contributed by atoms with Crippen LogP contribution >= 0.6 is 23.2 Å². The second kappa shape index (κ2) is 7.80. The Morgan fingerprint density at radius 1 is 0.893 bits per heavy atom. The number of hydrogen-bond acceptors (Lipinski definition) is 5. The number of nitrogens with one attached hydrogen (secondary N) is 1. The molecule has 0 aliphatic heterocycles. The maximum absolute atomic E-state index is 12.5. The SMILES string of the molecule is O=C(Nc1ccccc1-c1nnc(-c2ccc(Cl)c(Cl)c2)o1)c1ccncc1. The fraction of sp³-hybridized carbons (Fsp3) is 0. The Kier molecular flexibility index (Phi) is 5.06. The zero-order valence-corrected chi connectivity index (χ0v) is 15.8. The summed E-state index contributed by atoms with van der Waals surface area (Å²) in [7, 11) is 0. The van der Waals surface area contributed by atoms with Crippen molar-refractivity contribution < 1.29 is 9.21 Å². The number of rotatable bonds is 4. The number of nitrogens with zero attached hydrogens (tertiary/aromatic N) is 3. The van der Waals surface area contributed by atoms with E-state index in [0.717, 1.165) is 0 Å². The minimum atomic E-state index is -0.265. The highest BCUT2D eigenvalue weighted by Crippen LogP contribution is 2.32. The van der Waals surface area contributed by atoms with E-state index in [4.69, 9.17) is 27.6 Å². The van der Waals surface area contributed by atoms with Gasteiger partial charge in [-0.1, -0.05) is 35.3 Å². The van der Waals surface area contributed by atoms with Crippen LogP contribution in [-0.2, 0) is 0 Å². The summed E-state index contributed by atoms with van der Waals surface area (Å²) in [5.74, 6) is 0.301. The molecule has 1 amide bonds. The lowest BCUT2D eigenvalue weighted by atomic mass is 10.1. The van der Waals surface area contributed by atoms with Crippen LogP contribution in [0.15, 0.2) is 71.4 Å². The first-order chi connectivity index (χ1) is 13.6. The Hall–Kier alpha value is -3.22. The second-order valence-corrected chi connectivity index (χ2v) is 6.59. The zero-order chi connectivity index (χ0) is 19.5. The van der Waals surface area contributed by atoms with E-state index < -0.39 is 0 Å². The predicted molar refractivity (Wildman–Crippen MR) is 107 cm³/mol. The Morgan fingerprint density at radius 2 is 1.64 bits per heavy atom. The third-order valence-electron chi connectivity index (χ3n) is 3.94. The average molecular weight is 411 g/mol. The van der Waals surface area contributed by atoms with Crippen molar-refractivity contribution in [2.45, 2.75) is 0 Å². The van der Waals surface area contributed by atoms with Gasteiger partial charge in [0.15, 0.2) is 0 Å². The van der Waals surface area contributed by atoms with Gasteiger partial charge in [-0.15, -0.1) is 10.2 Å². The molecule has 0 fully saturated rings. The summed E-state index contributed by atoms with van der Waals surface area (Å²) in [5, 5.41) is 11.9. The number of carbonyl (C=O) groups is 1. The lowest BCUT2D eigenvalue weighted by molar-refractivity contribution is 0.102. The van der Waals surface area contributed by atoms with E-state index in [1.54, 1.807) is 54.9 Å². The van der Waals surface area contributed by atoms with Crippen molar-refractivity contribution in [2.24, 2.45) is 0 Å². The number of benzene rings is 2. The molecule has 138 valence electrons. The van der Waals surface area contributed by atoms with Crippen LogP contribution in [0.2, 0.25) is 10.0 Å². The van der Waals surface area contributed by atoms with Crippen LogP contribution in [0.1, 0.15) is 10.4 Å². The number of aromatic nitrogens is 3. The molecule has 28 heavy (non-hydrogen) atoms. The van der Waals surface area contributed by atoms with Crippen LogP contribution in [0, 0.1) is 0 Å². The highest BCUT2D eigenvalue weighted by atomic mass is 35.5. The standard InChI is InChI=1S/C20H12Cl2N4O2/c21-15-6-5-13(11-16(15)22)19-25-26-20(28-19)14-3-1-2-4-17(14)24-18(27)12-7-9-23-10-8-12/h1-11H,(H,24,27). The van der Waals surface area contributed by atoms with Gasteiger partial charge in [0, 0.05) is 23.5 Å². The van der Waals surface area contributed by atoms with Gasteiger partial charge in [-0.2, -0.15) is 0 Å². The summed E-state index contributed by atoms with van der Waals surface area (Å²) in [6, 6.07) is 15.5. The van der Waals surface area contributed by atoms with Crippen molar-refractivity contribution in [3.05, 3.63) is 82.6 Å². The van der Waals surface area contributed by atoms with Crippen molar-refractivity contribution in [3.8, 4) is 22.9 Å². The number of para-hydroxylation sites is 1. The van der Waals surface area contributed by atoms with E-state index in [9.17, 15) is 4.79 Å². The van der Waals surface area contributed by atoms with Gasteiger partial charge in [-0.05, 0) is 42.5 Å². The van der Waals surface area contributed by atoms with Gasteiger partial charge in [0.25, 0.3) is 5.91 Å². The molecule has 0 saturated heterocycles. The number of hydrogen-bond donors (Lipinski definition) is 1. The molecule has 0 spiro atoms. The van der Waals surface area contributed by atoms with Crippen molar-refractivity contribution in [2.75, 3.05) is 5.32 Å². The third-order valence-corrected chi connectivity index (χ3v) is 4.68. The largest absolute Gasteiger partial charge is 0.416 e. The summed E-state index contributed by atoms with van der Waals surface area (Å²) in [6.07, 6.45) is 3.12. The van der Waals surface area contributed by atoms with E-state index >= 15 is 0 Å². The van der Waals surface area contributed by atoms with E-state index in [-0.39, 0.29) is 11.8 Å². The van der Waals surface area contributed by atoms with Crippen molar-refractivity contribution in [1.29, 1.82) is 0 Å². The summed E-state index contributed by atoms with van der Waals surface area (Å²) in [6.45, 7) is 0. The normalized spacial score (nSPS) is 10.6. The first-order valence-electron chi connectivity index (χ1n) is 8.21. The molecule has 4 rings (SSSR count). The zero-order valence-electron chi connectivity index (χ0n) is 14.3. The molecule has 8 heteroatoms. The molecule has 0 aliphatic rings. The predicted octanol–water partition coefficient (Wildman–Crippen LogP) is 5.36. The second-order valence-electron chi connectivity index (χ2n) is 5.78. The molecule has 6 nitrogen and oxygen atoms in total. The Morgan fingerprint density at radius 3 is 2.43 bits per heavy atom. The van der Waals surface area contributed by atoms with Crippen LogP contribution in [0.5, 0.6) is 0 Å². The molecular weight excluding hydrogens is 399 g/mol. The quantitative estimate of drug-likeness (QED) is 0.489. The van der Waals surface area contributed by atoms with Crippen LogP contribution in [0.3, 0.4) is 0 Å². The number of anilines is 1. The smallest absolute Gasteiger partial charge is 0.255 e. The topological polar surface area (TPSA) is 80.9 Å². The maximum atomic E-state index is 12.5. The highest BCUT2D eigenvalue weighted by Gasteiger charge is 2.16. The van der Waals surface area contributed by atoms with Crippen LogP contribution in [0.25, 0.3) is 22.9 Å². The lowest BCUT2D eigenvalue weighted by Crippen LogP contribution is -2.12. The van der Waals surface area contributed by atoms with E-state index in [1.807, 2.05) is 12.1 Å². The molecular formula is C20H12Cl2N4O2. The Labute approximate surface area is 170 Å². The molecule has 2 aromatic heterocycles. The Balaban J connectivity index is 1.65. The van der Waals surface area contributed by atoms with Gasteiger partial charge in [-0.25, -0.2) is 0 Å². The number of pyridine rings is 1. The van der Waals surface area contributed by atoms with Crippen molar-refractivity contribution in [3.63, 3.8) is 0 Å². The fourth-order valence-corrected chi connectivity index (χ4v) is 2.85. The van der Waals surface area contributed by atoms with Crippen molar-refractivity contribution >= 4 is 34.8 Å². The Bertz CT molecular complexity index is 1150. The highest BCUT2D eigenvalue weighted by molar-refractivity contribution is 6.42. The molecule has 0 unspecified atom stereocenters. The molecule has 2 aromatic carbocycles. The van der Waals surface area contributed by atoms with Gasteiger partial charge in [0.2, 0.25) is 11.8 Å². The molecule has 0 radical (unpaired) electrons. The van der Waals surface area contributed by atoms with Gasteiger partial charge in [0.1, 0.15) is 0 Å². The first-order valence-corrected chi connectivity index (χ1v) is 8.97. The van der Waals surface area contributed by atoms with E-state index in [1.165, 1.54) is 0 Å². The maximum Gasteiger partial charge on any atom is 0.255 e. The molecule has 0 saturated carbocycles. The molecule has 0 atom stereocenters. The van der Waals surface area contributed by atoms with E-state index in [0.29, 0.717) is 38.3 Å². The average Bonchev–Trinajstić information content (AvgIpc) is 3.21. The number of halogens is 2. The first kappa shape index (κ1) is 18.2. The molecule has 0 bridgehead atoms. The van der Waals surface area contributed by atoms with Gasteiger partial charge in [-0.3, -0.25) is 9.78 Å². The van der Waals surface area contributed by atoms with Gasteiger partial charge < -0.3 is 9.73 Å². The lowest BCUT2D eigenvalue weighted by Gasteiger charge is -2.08. The summed E-state index contributed by atoms with van der Waals surface area (Å²) in [4.78, 5) is 16.4. The molecule has 0 aliphatic carbocycles. The van der Waals surface area contributed by atoms with Crippen LogP contribution in [-0.4, -0.2) is 21.1 Å². The van der Waals surface area contributed by atoms with Gasteiger partial charge in [0.05, 0.1) is 21.3 Å². The van der Waals surface area contributed by atoms with Crippen LogP contribution < -0.4 is 5.32 Å². The molecule has 2 heterocycles. The molecule has 4 aromatic rings. The van der Waals surface area contributed by atoms with Crippen LogP contribution in [0.4, 0.5) is 5.69 Å². The fourth-order valence-electron chi connectivity index (χ4n) is 2.55. The van der Waals surface area contributed by atoms with E-state index in [2.05, 4.69) is 20.5 Å². The van der Waals surface area contributed by atoms with Crippen molar-refractivity contribution in [1.82, 2.24) is 15.2 Å².